The molecule has 0 fully saturated rings. The van der Waals surface area contributed by atoms with Crippen molar-refractivity contribution in [2.24, 2.45) is 5.92 Å². The molecule has 0 aliphatic rings. The molecule has 2 N–H and O–H groups in total. The molecule has 15 heavy (non-hydrogen) atoms. The molecule has 0 amide bonds. The van der Waals surface area contributed by atoms with Crippen molar-refractivity contribution in [1.29, 1.82) is 0 Å². The summed E-state index contributed by atoms with van der Waals surface area (Å²) in [5.74, 6) is 1.77. The maximum atomic E-state index is 5.70. The molecule has 1 heterocycles. The monoisotopic (exact) mass is 209 g/mol. The molecule has 0 saturated carbocycles. The molecule has 0 radical (unpaired) electrons. The number of anilines is 1. The minimum Gasteiger partial charge on any atom is -0.384 e. The Labute approximate surface area is 90.9 Å². The number of rotatable bonds is 5. The first-order valence-corrected chi connectivity index (χ1v) is 5.31. The molecule has 0 saturated heterocycles. The number of aromatic nitrogens is 2. The van der Waals surface area contributed by atoms with Gasteiger partial charge in [-0.15, -0.1) is 0 Å². The lowest BCUT2D eigenvalue weighted by molar-refractivity contribution is 0.128. The molecular formula is C11H19N3O. The third-order valence-electron chi connectivity index (χ3n) is 1.90. The Kier molecular flexibility index (Phi) is 4.49. The van der Waals surface area contributed by atoms with E-state index >= 15 is 0 Å². The predicted octanol–water partition coefficient (Wildman–Crippen LogP) is 1.79. The minimum absolute atomic E-state index is 0.437. The summed E-state index contributed by atoms with van der Waals surface area (Å²) in [7, 11) is 0. The number of nitrogens with zero attached hydrogens (tertiary/aromatic N) is 2. The second kappa shape index (κ2) is 5.66. The maximum absolute atomic E-state index is 5.70. The van der Waals surface area contributed by atoms with Crippen LogP contribution in [0.5, 0.6) is 0 Å². The fourth-order valence-electron chi connectivity index (χ4n) is 1.36. The number of ether oxygens (including phenoxy) is 1. The molecule has 1 aromatic heterocycles. The Morgan fingerprint density at radius 1 is 1.40 bits per heavy atom. The molecule has 0 spiro atoms. The van der Waals surface area contributed by atoms with Crippen LogP contribution < -0.4 is 5.73 Å². The zero-order valence-electron chi connectivity index (χ0n) is 9.66. The van der Waals surface area contributed by atoms with Crippen LogP contribution in [0.25, 0.3) is 0 Å². The average Bonchev–Trinajstić information content (AvgIpc) is 2.12. The summed E-state index contributed by atoms with van der Waals surface area (Å²) in [6, 6.07) is 1.83. The van der Waals surface area contributed by atoms with Crippen molar-refractivity contribution < 1.29 is 4.74 Å². The van der Waals surface area contributed by atoms with Gasteiger partial charge in [0.15, 0.2) is 5.82 Å². The average molecular weight is 209 g/mol. The van der Waals surface area contributed by atoms with Crippen LogP contribution in [-0.2, 0) is 17.8 Å². The molecule has 4 heteroatoms. The van der Waals surface area contributed by atoms with Gasteiger partial charge in [-0.2, -0.15) is 0 Å². The number of nitrogen functional groups attached to an aromatic ring is 1. The molecule has 0 bridgehead atoms. The third kappa shape index (κ3) is 4.25. The summed E-state index contributed by atoms with van der Waals surface area (Å²) in [6.07, 6.45) is 0.922. The second-order valence-corrected chi connectivity index (χ2v) is 3.94. The van der Waals surface area contributed by atoms with E-state index in [1.165, 1.54) is 0 Å². The van der Waals surface area contributed by atoms with Crippen molar-refractivity contribution in [2.45, 2.75) is 33.8 Å². The van der Waals surface area contributed by atoms with Crippen molar-refractivity contribution in [2.75, 3.05) is 12.3 Å². The standard InChI is InChI=1S/C11H19N3O/c1-4-15-7-11-13-9(5-8(2)3)6-10(12)14-11/h6,8H,4-5,7H2,1-3H3,(H2,12,13,14). The van der Waals surface area contributed by atoms with Crippen LogP contribution in [-0.4, -0.2) is 16.6 Å². The van der Waals surface area contributed by atoms with Gasteiger partial charge < -0.3 is 10.5 Å². The van der Waals surface area contributed by atoms with E-state index in [0.29, 0.717) is 30.8 Å². The summed E-state index contributed by atoms with van der Waals surface area (Å²) in [5, 5.41) is 0. The van der Waals surface area contributed by atoms with Gasteiger partial charge in [0.1, 0.15) is 12.4 Å². The summed E-state index contributed by atoms with van der Waals surface area (Å²) in [4.78, 5) is 8.52. The van der Waals surface area contributed by atoms with Crippen LogP contribution in [0, 0.1) is 5.92 Å². The van der Waals surface area contributed by atoms with E-state index in [4.69, 9.17) is 10.5 Å². The van der Waals surface area contributed by atoms with Gasteiger partial charge in [-0.25, -0.2) is 9.97 Å². The Hall–Kier alpha value is -1.16. The van der Waals surface area contributed by atoms with Gasteiger partial charge in [-0.3, -0.25) is 0 Å². The van der Waals surface area contributed by atoms with Crippen LogP contribution in [0.2, 0.25) is 0 Å². The SMILES string of the molecule is CCOCc1nc(N)cc(CC(C)C)n1. The Morgan fingerprint density at radius 2 is 2.13 bits per heavy atom. The molecule has 4 nitrogen and oxygen atoms in total. The van der Waals surface area contributed by atoms with E-state index in [-0.39, 0.29) is 0 Å². The molecule has 0 aliphatic carbocycles. The van der Waals surface area contributed by atoms with Crippen LogP contribution in [0.3, 0.4) is 0 Å². The van der Waals surface area contributed by atoms with Crippen LogP contribution in [0.15, 0.2) is 6.07 Å². The van der Waals surface area contributed by atoms with Gasteiger partial charge in [-0.05, 0) is 19.3 Å². The first-order chi connectivity index (χ1) is 7.11. The Morgan fingerprint density at radius 3 is 2.73 bits per heavy atom. The molecule has 0 unspecified atom stereocenters. The smallest absolute Gasteiger partial charge is 0.156 e. The summed E-state index contributed by atoms with van der Waals surface area (Å²) < 4.78 is 5.25. The third-order valence-corrected chi connectivity index (χ3v) is 1.90. The van der Waals surface area contributed by atoms with Crippen LogP contribution >= 0.6 is 0 Å². The Balaban J connectivity index is 2.75. The molecule has 0 atom stereocenters. The highest BCUT2D eigenvalue weighted by molar-refractivity contribution is 5.29. The maximum Gasteiger partial charge on any atom is 0.156 e. The van der Waals surface area contributed by atoms with E-state index in [0.717, 1.165) is 12.1 Å². The molecule has 0 aliphatic heterocycles. The summed E-state index contributed by atoms with van der Waals surface area (Å²) in [5.41, 5.74) is 6.69. The molecule has 1 rings (SSSR count). The lowest BCUT2D eigenvalue weighted by Crippen LogP contribution is -2.07. The van der Waals surface area contributed by atoms with Crippen LogP contribution in [0.1, 0.15) is 32.3 Å². The summed E-state index contributed by atoms with van der Waals surface area (Å²) in [6.45, 7) is 7.35. The van der Waals surface area contributed by atoms with Crippen molar-refractivity contribution in [3.8, 4) is 0 Å². The first-order valence-electron chi connectivity index (χ1n) is 5.31. The van der Waals surface area contributed by atoms with E-state index in [2.05, 4.69) is 23.8 Å². The second-order valence-electron chi connectivity index (χ2n) is 3.94. The zero-order chi connectivity index (χ0) is 11.3. The lowest BCUT2D eigenvalue weighted by Gasteiger charge is -2.07. The van der Waals surface area contributed by atoms with E-state index < -0.39 is 0 Å². The number of nitrogens with two attached hydrogens (primary N) is 1. The molecule has 1 aromatic rings. The largest absolute Gasteiger partial charge is 0.384 e. The van der Waals surface area contributed by atoms with Gasteiger partial charge in [0.2, 0.25) is 0 Å². The van der Waals surface area contributed by atoms with Crippen LogP contribution in [0.4, 0.5) is 5.82 Å². The molecular weight excluding hydrogens is 190 g/mol. The lowest BCUT2D eigenvalue weighted by atomic mass is 10.1. The highest BCUT2D eigenvalue weighted by Crippen LogP contribution is 2.09. The fraction of sp³-hybridized carbons (Fsp3) is 0.636. The topological polar surface area (TPSA) is 61.0 Å². The van der Waals surface area contributed by atoms with Crippen molar-refractivity contribution in [3.63, 3.8) is 0 Å². The highest BCUT2D eigenvalue weighted by Gasteiger charge is 2.04. The molecule has 0 aromatic carbocycles. The zero-order valence-corrected chi connectivity index (χ0v) is 9.66. The highest BCUT2D eigenvalue weighted by atomic mass is 16.5. The van der Waals surface area contributed by atoms with Gasteiger partial charge >= 0.3 is 0 Å². The van der Waals surface area contributed by atoms with Gasteiger partial charge in [0.05, 0.1) is 0 Å². The van der Waals surface area contributed by atoms with E-state index in [1.54, 1.807) is 0 Å². The first kappa shape index (κ1) is 11.9. The molecule has 84 valence electrons. The number of hydrogen-bond acceptors (Lipinski definition) is 4. The van der Waals surface area contributed by atoms with E-state index in [9.17, 15) is 0 Å². The fourth-order valence-corrected chi connectivity index (χ4v) is 1.36. The van der Waals surface area contributed by atoms with Crippen molar-refractivity contribution in [1.82, 2.24) is 9.97 Å². The van der Waals surface area contributed by atoms with E-state index in [1.807, 2.05) is 13.0 Å². The van der Waals surface area contributed by atoms with Gasteiger partial charge in [0, 0.05) is 18.4 Å². The predicted molar refractivity (Wildman–Crippen MR) is 60.3 cm³/mol. The minimum atomic E-state index is 0.437. The van der Waals surface area contributed by atoms with Gasteiger partial charge in [0.25, 0.3) is 0 Å². The van der Waals surface area contributed by atoms with Crippen molar-refractivity contribution in [3.05, 3.63) is 17.6 Å². The quantitative estimate of drug-likeness (QED) is 0.803. The van der Waals surface area contributed by atoms with Crippen molar-refractivity contribution >= 4 is 5.82 Å². The summed E-state index contributed by atoms with van der Waals surface area (Å²) >= 11 is 0. The normalized spacial score (nSPS) is 10.9. The number of hydrogen-bond donors (Lipinski definition) is 1. The van der Waals surface area contributed by atoms with Gasteiger partial charge in [-0.1, -0.05) is 13.8 Å². The Bertz CT molecular complexity index is 313.